The minimum Gasteiger partial charge on any atom is -0.478 e. The minimum atomic E-state index is -1.02. The summed E-state index contributed by atoms with van der Waals surface area (Å²) in [5, 5.41) is 11.7. The van der Waals surface area contributed by atoms with Crippen LogP contribution in [0.15, 0.2) is 18.3 Å². The first kappa shape index (κ1) is 14.9. The van der Waals surface area contributed by atoms with Gasteiger partial charge in [0.05, 0.1) is 5.56 Å². The lowest BCUT2D eigenvalue weighted by molar-refractivity contribution is -0.131. The lowest BCUT2D eigenvalue weighted by atomic mass is 10.2. The summed E-state index contributed by atoms with van der Waals surface area (Å²) in [5.41, 5.74) is 0.119. The van der Waals surface area contributed by atoms with E-state index in [-0.39, 0.29) is 11.5 Å². The molecule has 0 bridgehead atoms. The van der Waals surface area contributed by atoms with Crippen molar-refractivity contribution in [1.82, 2.24) is 9.88 Å². The predicted molar refractivity (Wildman–Crippen MR) is 72.2 cm³/mol. The lowest BCUT2D eigenvalue weighted by Crippen LogP contribution is -2.41. The van der Waals surface area contributed by atoms with Gasteiger partial charge < -0.3 is 15.3 Å². The topological polar surface area (TPSA) is 82.5 Å². The highest BCUT2D eigenvalue weighted by Crippen LogP contribution is 2.08. The standard InChI is InChI=1S/C13H19N3O3/c1-4-16(5-2)12(17)9(3)15-11-7-6-10(8-14-11)13(18)19/h6-9H,4-5H2,1-3H3,(H,14,15)(H,18,19). The molecule has 1 unspecified atom stereocenters. The van der Waals surface area contributed by atoms with Gasteiger partial charge in [0.2, 0.25) is 5.91 Å². The number of nitrogens with one attached hydrogen (secondary N) is 1. The average Bonchev–Trinajstić information content (AvgIpc) is 2.40. The van der Waals surface area contributed by atoms with Crippen molar-refractivity contribution in [3.05, 3.63) is 23.9 Å². The zero-order valence-electron chi connectivity index (χ0n) is 11.4. The Balaban J connectivity index is 2.68. The Morgan fingerprint density at radius 3 is 2.42 bits per heavy atom. The molecular formula is C13H19N3O3. The van der Waals surface area contributed by atoms with E-state index in [1.54, 1.807) is 17.9 Å². The van der Waals surface area contributed by atoms with Gasteiger partial charge in [-0.25, -0.2) is 9.78 Å². The number of hydrogen-bond acceptors (Lipinski definition) is 4. The number of carboxylic acids is 1. The van der Waals surface area contributed by atoms with Crippen molar-refractivity contribution in [2.45, 2.75) is 26.8 Å². The summed E-state index contributed by atoms with van der Waals surface area (Å²) in [6, 6.07) is 2.60. The van der Waals surface area contributed by atoms with Gasteiger partial charge in [0, 0.05) is 19.3 Å². The molecule has 0 aliphatic rings. The Hall–Kier alpha value is -2.11. The van der Waals surface area contributed by atoms with E-state index in [4.69, 9.17) is 5.11 Å². The number of carboxylic acid groups (broad SMARTS) is 1. The zero-order chi connectivity index (χ0) is 14.4. The normalized spacial score (nSPS) is 11.7. The number of carbonyl (C=O) groups is 2. The van der Waals surface area contributed by atoms with E-state index < -0.39 is 12.0 Å². The zero-order valence-corrected chi connectivity index (χ0v) is 11.4. The summed E-state index contributed by atoms with van der Waals surface area (Å²) in [6.07, 6.45) is 1.26. The molecule has 0 aliphatic carbocycles. The van der Waals surface area contributed by atoms with Gasteiger partial charge >= 0.3 is 5.97 Å². The van der Waals surface area contributed by atoms with Gasteiger partial charge in [0.15, 0.2) is 0 Å². The molecule has 0 aromatic carbocycles. The second kappa shape index (κ2) is 6.72. The van der Waals surface area contributed by atoms with E-state index in [0.717, 1.165) is 0 Å². The largest absolute Gasteiger partial charge is 0.478 e. The maximum Gasteiger partial charge on any atom is 0.337 e. The van der Waals surface area contributed by atoms with E-state index in [1.165, 1.54) is 12.3 Å². The molecule has 19 heavy (non-hydrogen) atoms. The van der Waals surface area contributed by atoms with Crippen molar-refractivity contribution < 1.29 is 14.7 Å². The van der Waals surface area contributed by atoms with Crippen molar-refractivity contribution in [3.63, 3.8) is 0 Å². The molecular weight excluding hydrogens is 246 g/mol. The molecule has 0 saturated heterocycles. The number of nitrogens with zero attached hydrogens (tertiary/aromatic N) is 2. The number of anilines is 1. The highest BCUT2D eigenvalue weighted by Gasteiger charge is 2.18. The molecule has 104 valence electrons. The summed E-state index contributed by atoms with van der Waals surface area (Å²) < 4.78 is 0. The van der Waals surface area contributed by atoms with E-state index in [0.29, 0.717) is 18.9 Å². The first-order valence-corrected chi connectivity index (χ1v) is 6.24. The van der Waals surface area contributed by atoms with Gasteiger partial charge in [-0.1, -0.05) is 0 Å². The fraction of sp³-hybridized carbons (Fsp3) is 0.462. The molecule has 0 aliphatic heterocycles. The highest BCUT2D eigenvalue weighted by molar-refractivity contribution is 5.87. The van der Waals surface area contributed by atoms with E-state index in [9.17, 15) is 9.59 Å². The van der Waals surface area contributed by atoms with Crippen LogP contribution in [0.1, 0.15) is 31.1 Å². The Morgan fingerprint density at radius 1 is 1.37 bits per heavy atom. The lowest BCUT2D eigenvalue weighted by Gasteiger charge is -2.23. The van der Waals surface area contributed by atoms with Gasteiger partial charge in [-0.05, 0) is 32.9 Å². The van der Waals surface area contributed by atoms with Crippen LogP contribution >= 0.6 is 0 Å². The van der Waals surface area contributed by atoms with Crippen molar-refractivity contribution in [3.8, 4) is 0 Å². The van der Waals surface area contributed by atoms with Crippen LogP contribution < -0.4 is 5.32 Å². The number of pyridine rings is 1. The molecule has 1 aromatic heterocycles. The first-order chi connectivity index (χ1) is 8.99. The second-order valence-electron chi connectivity index (χ2n) is 4.11. The molecule has 2 N–H and O–H groups in total. The number of hydrogen-bond donors (Lipinski definition) is 2. The molecule has 0 saturated carbocycles. The van der Waals surface area contributed by atoms with Gasteiger partial charge in [0.25, 0.3) is 0 Å². The summed E-state index contributed by atoms with van der Waals surface area (Å²) in [5.74, 6) is -0.543. The van der Waals surface area contributed by atoms with Gasteiger partial charge in [-0.2, -0.15) is 0 Å². The third kappa shape index (κ3) is 3.94. The maximum absolute atomic E-state index is 12.0. The van der Waals surface area contributed by atoms with Crippen LogP contribution in [0.3, 0.4) is 0 Å². The molecule has 0 fully saturated rings. The molecule has 1 aromatic rings. The molecule has 1 rings (SSSR count). The van der Waals surface area contributed by atoms with Crippen LogP contribution in [0.4, 0.5) is 5.82 Å². The number of rotatable bonds is 6. The smallest absolute Gasteiger partial charge is 0.337 e. The Morgan fingerprint density at radius 2 is 2.00 bits per heavy atom. The van der Waals surface area contributed by atoms with Crippen molar-refractivity contribution >= 4 is 17.7 Å². The van der Waals surface area contributed by atoms with Crippen molar-refractivity contribution in [2.24, 2.45) is 0 Å². The summed E-state index contributed by atoms with van der Waals surface area (Å²) in [6.45, 7) is 6.93. The van der Waals surface area contributed by atoms with Crippen LogP contribution in [0.2, 0.25) is 0 Å². The van der Waals surface area contributed by atoms with E-state index in [1.807, 2.05) is 13.8 Å². The number of carbonyl (C=O) groups excluding carboxylic acids is 1. The molecule has 1 heterocycles. The summed E-state index contributed by atoms with van der Waals surface area (Å²) >= 11 is 0. The third-order valence-corrected chi connectivity index (χ3v) is 2.82. The second-order valence-corrected chi connectivity index (χ2v) is 4.11. The van der Waals surface area contributed by atoms with Gasteiger partial charge in [-0.15, -0.1) is 0 Å². The van der Waals surface area contributed by atoms with Crippen LogP contribution in [-0.2, 0) is 4.79 Å². The van der Waals surface area contributed by atoms with Gasteiger partial charge in [-0.3, -0.25) is 4.79 Å². The SMILES string of the molecule is CCN(CC)C(=O)C(C)Nc1ccc(C(=O)O)cn1. The number of aromatic nitrogens is 1. The molecule has 0 spiro atoms. The van der Waals surface area contributed by atoms with Crippen LogP contribution in [0.25, 0.3) is 0 Å². The monoisotopic (exact) mass is 265 g/mol. The highest BCUT2D eigenvalue weighted by atomic mass is 16.4. The Kier molecular flexibility index (Phi) is 5.29. The molecule has 0 radical (unpaired) electrons. The first-order valence-electron chi connectivity index (χ1n) is 6.24. The van der Waals surface area contributed by atoms with E-state index >= 15 is 0 Å². The molecule has 6 heteroatoms. The summed E-state index contributed by atoms with van der Waals surface area (Å²) in [7, 11) is 0. The average molecular weight is 265 g/mol. The number of amides is 1. The fourth-order valence-electron chi connectivity index (χ4n) is 1.70. The third-order valence-electron chi connectivity index (χ3n) is 2.82. The maximum atomic E-state index is 12.0. The summed E-state index contributed by atoms with van der Waals surface area (Å²) in [4.78, 5) is 28.4. The Bertz CT molecular complexity index is 441. The van der Waals surface area contributed by atoms with Crippen molar-refractivity contribution in [2.75, 3.05) is 18.4 Å². The van der Waals surface area contributed by atoms with Crippen LogP contribution in [-0.4, -0.2) is 46.0 Å². The van der Waals surface area contributed by atoms with E-state index in [2.05, 4.69) is 10.3 Å². The molecule has 1 atom stereocenters. The van der Waals surface area contributed by atoms with Crippen molar-refractivity contribution in [1.29, 1.82) is 0 Å². The molecule has 1 amide bonds. The van der Waals surface area contributed by atoms with Gasteiger partial charge in [0.1, 0.15) is 11.9 Å². The van der Waals surface area contributed by atoms with Crippen LogP contribution in [0, 0.1) is 0 Å². The predicted octanol–water partition coefficient (Wildman–Crippen LogP) is 1.45. The Labute approximate surface area is 112 Å². The number of aromatic carboxylic acids is 1. The quantitative estimate of drug-likeness (QED) is 0.813. The number of likely N-dealkylation sites (N-methyl/N-ethyl adjacent to an activating group) is 1. The minimum absolute atomic E-state index is 0.00545. The van der Waals surface area contributed by atoms with Crippen LogP contribution in [0.5, 0.6) is 0 Å². The fourth-order valence-corrected chi connectivity index (χ4v) is 1.70. The molecule has 6 nitrogen and oxygen atoms in total.